The van der Waals surface area contributed by atoms with Crippen LogP contribution in [0, 0.1) is 5.41 Å². The van der Waals surface area contributed by atoms with Crippen LogP contribution in [-0.2, 0) is 0 Å². The molecule has 12 heavy (non-hydrogen) atoms. The first-order chi connectivity index (χ1) is 5.25. The van der Waals surface area contributed by atoms with E-state index >= 15 is 0 Å². The van der Waals surface area contributed by atoms with Gasteiger partial charge in [0.1, 0.15) is 0 Å². The summed E-state index contributed by atoms with van der Waals surface area (Å²) in [7, 11) is 2.25. The smallest absolute Gasteiger partial charge is 0.0158 e. The van der Waals surface area contributed by atoms with Crippen molar-refractivity contribution in [3.63, 3.8) is 0 Å². The number of piperidine rings is 1. The lowest BCUT2D eigenvalue weighted by atomic mass is 9.71. The molecule has 1 saturated heterocycles. The molecule has 0 amide bonds. The fourth-order valence-electron chi connectivity index (χ4n) is 2.90. The number of hydrogen-bond acceptors (Lipinski definition) is 1. The highest BCUT2D eigenvalue weighted by atomic mass is 15.2. The summed E-state index contributed by atoms with van der Waals surface area (Å²) >= 11 is 0. The van der Waals surface area contributed by atoms with E-state index in [0.29, 0.717) is 11.0 Å². The van der Waals surface area contributed by atoms with Gasteiger partial charge in [0.15, 0.2) is 0 Å². The molecule has 1 fully saturated rings. The van der Waals surface area contributed by atoms with Crippen molar-refractivity contribution in [3.8, 4) is 0 Å². The van der Waals surface area contributed by atoms with Crippen molar-refractivity contribution in [1.29, 1.82) is 0 Å². The molecule has 1 nitrogen and oxygen atoms in total. The Kier molecular flexibility index (Phi) is 2.28. The minimum absolute atomic E-state index is 0.376. The third kappa shape index (κ3) is 1.82. The molecule has 0 saturated carbocycles. The number of likely N-dealkylation sites (tertiary alicyclic amines) is 1. The van der Waals surface area contributed by atoms with E-state index in [1.807, 2.05) is 0 Å². The van der Waals surface area contributed by atoms with Crippen LogP contribution in [0.1, 0.15) is 47.5 Å². The second-order valence-corrected chi connectivity index (χ2v) is 5.82. The standard InChI is InChI=1S/C11H23N/c1-9-7-10(2,3)8-11(4,5)12(9)6/h9H,7-8H2,1-6H3. The van der Waals surface area contributed by atoms with E-state index in [0.717, 1.165) is 6.04 Å². The summed E-state index contributed by atoms with van der Waals surface area (Å²) in [4.78, 5) is 2.51. The maximum Gasteiger partial charge on any atom is 0.0158 e. The predicted octanol–water partition coefficient (Wildman–Crippen LogP) is 2.91. The average Bonchev–Trinajstić information content (AvgIpc) is 1.79. The third-order valence-electron chi connectivity index (χ3n) is 3.38. The zero-order valence-corrected chi connectivity index (χ0v) is 9.44. The highest BCUT2D eigenvalue weighted by Crippen LogP contribution is 2.41. The van der Waals surface area contributed by atoms with Crippen LogP contribution in [-0.4, -0.2) is 23.5 Å². The molecule has 1 aliphatic rings. The summed E-state index contributed by atoms with van der Waals surface area (Å²) in [5.74, 6) is 0. The lowest BCUT2D eigenvalue weighted by Crippen LogP contribution is -2.54. The van der Waals surface area contributed by atoms with E-state index in [9.17, 15) is 0 Å². The van der Waals surface area contributed by atoms with E-state index in [1.165, 1.54) is 12.8 Å². The zero-order chi connectivity index (χ0) is 9.57. The molecule has 1 rings (SSSR count). The first-order valence-electron chi connectivity index (χ1n) is 4.98. The van der Waals surface area contributed by atoms with E-state index in [2.05, 4.69) is 46.6 Å². The van der Waals surface area contributed by atoms with Gasteiger partial charge >= 0.3 is 0 Å². The largest absolute Gasteiger partial charge is 0.299 e. The van der Waals surface area contributed by atoms with Gasteiger partial charge in [0.05, 0.1) is 0 Å². The quantitative estimate of drug-likeness (QED) is 0.539. The fraction of sp³-hybridized carbons (Fsp3) is 1.00. The van der Waals surface area contributed by atoms with Crippen LogP contribution in [0.5, 0.6) is 0 Å². The predicted molar refractivity (Wildman–Crippen MR) is 54.3 cm³/mol. The SMILES string of the molecule is CC1CC(C)(C)CC(C)(C)N1C. The minimum atomic E-state index is 0.376. The lowest BCUT2D eigenvalue weighted by molar-refractivity contribution is -0.00641. The second-order valence-electron chi connectivity index (χ2n) is 5.82. The Morgan fingerprint density at radius 3 is 2.08 bits per heavy atom. The van der Waals surface area contributed by atoms with Crippen molar-refractivity contribution in [2.45, 2.75) is 59.0 Å². The summed E-state index contributed by atoms with van der Waals surface area (Å²) in [6, 6.07) is 0.726. The van der Waals surface area contributed by atoms with Crippen LogP contribution in [0.15, 0.2) is 0 Å². The van der Waals surface area contributed by atoms with Gasteiger partial charge in [-0.3, -0.25) is 4.90 Å². The minimum Gasteiger partial charge on any atom is -0.299 e. The molecule has 0 N–H and O–H groups in total. The molecule has 1 unspecified atom stereocenters. The molecule has 0 aromatic rings. The zero-order valence-electron chi connectivity index (χ0n) is 9.44. The summed E-state index contributed by atoms with van der Waals surface area (Å²) in [6.07, 6.45) is 2.63. The Morgan fingerprint density at radius 1 is 1.17 bits per heavy atom. The highest BCUT2D eigenvalue weighted by molar-refractivity contribution is 4.95. The van der Waals surface area contributed by atoms with Gasteiger partial charge in [0, 0.05) is 11.6 Å². The Labute approximate surface area is 77.1 Å². The Bertz CT molecular complexity index is 170. The average molecular weight is 169 g/mol. The summed E-state index contributed by atoms with van der Waals surface area (Å²) in [6.45, 7) is 11.8. The van der Waals surface area contributed by atoms with Crippen LogP contribution in [0.2, 0.25) is 0 Å². The molecular formula is C11H23N. The maximum atomic E-state index is 2.51. The van der Waals surface area contributed by atoms with Crippen molar-refractivity contribution < 1.29 is 0 Å². The maximum absolute atomic E-state index is 2.51. The topological polar surface area (TPSA) is 3.24 Å². The van der Waals surface area contributed by atoms with Gasteiger partial charge < -0.3 is 0 Å². The van der Waals surface area contributed by atoms with E-state index in [1.54, 1.807) is 0 Å². The first kappa shape index (κ1) is 10.0. The molecule has 72 valence electrons. The van der Waals surface area contributed by atoms with E-state index in [-0.39, 0.29) is 0 Å². The van der Waals surface area contributed by atoms with Gasteiger partial charge in [0.25, 0.3) is 0 Å². The van der Waals surface area contributed by atoms with Crippen molar-refractivity contribution in [3.05, 3.63) is 0 Å². The number of nitrogens with zero attached hydrogens (tertiary/aromatic N) is 1. The summed E-state index contributed by atoms with van der Waals surface area (Å²) in [5.41, 5.74) is 0.899. The first-order valence-corrected chi connectivity index (χ1v) is 4.98. The molecule has 0 aromatic heterocycles. The van der Waals surface area contributed by atoms with Gasteiger partial charge in [0.2, 0.25) is 0 Å². The fourth-order valence-corrected chi connectivity index (χ4v) is 2.90. The van der Waals surface area contributed by atoms with Gasteiger partial charge in [-0.15, -0.1) is 0 Å². The number of rotatable bonds is 0. The molecule has 1 aliphatic heterocycles. The van der Waals surface area contributed by atoms with Crippen molar-refractivity contribution in [2.24, 2.45) is 5.41 Å². The molecule has 0 radical (unpaired) electrons. The molecule has 1 heteroatoms. The van der Waals surface area contributed by atoms with Crippen LogP contribution < -0.4 is 0 Å². The van der Waals surface area contributed by atoms with Gasteiger partial charge in [-0.1, -0.05) is 13.8 Å². The molecule has 1 heterocycles. The molecule has 0 bridgehead atoms. The summed E-state index contributed by atoms with van der Waals surface area (Å²) in [5, 5.41) is 0. The normalized spacial score (nSPS) is 35.0. The van der Waals surface area contributed by atoms with Gasteiger partial charge in [-0.25, -0.2) is 0 Å². The van der Waals surface area contributed by atoms with Crippen LogP contribution in [0.3, 0.4) is 0 Å². The number of hydrogen-bond donors (Lipinski definition) is 0. The van der Waals surface area contributed by atoms with Crippen LogP contribution in [0.4, 0.5) is 0 Å². The Morgan fingerprint density at radius 2 is 1.67 bits per heavy atom. The third-order valence-corrected chi connectivity index (χ3v) is 3.38. The van der Waals surface area contributed by atoms with Crippen molar-refractivity contribution in [1.82, 2.24) is 4.90 Å². The second kappa shape index (κ2) is 2.73. The van der Waals surface area contributed by atoms with Gasteiger partial charge in [-0.05, 0) is 46.1 Å². The molecule has 1 atom stereocenters. The van der Waals surface area contributed by atoms with E-state index < -0.39 is 0 Å². The Balaban J connectivity index is 2.80. The highest BCUT2D eigenvalue weighted by Gasteiger charge is 2.40. The Hall–Kier alpha value is -0.0400. The summed E-state index contributed by atoms with van der Waals surface area (Å²) < 4.78 is 0. The lowest BCUT2D eigenvalue weighted by Gasteiger charge is -2.51. The van der Waals surface area contributed by atoms with Crippen LogP contribution in [0.25, 0.3) is 0 Å². The molecule has 0 aliphatic carbocycles. The van der Waals surface area contributed by atoms with Gasteiger partial charge in [-0.2, -0.15) is 0 Å². The molecule has 0 aromatic carbocycles. The van der Waals surface area contributed by atoms with Crippen molar-refractivity contribution in [2.75, 3.05) is 7.05 Å². The van der Waals surface area contributed by atoms with Crippen LogP contribution >= 0.6 is 0 Å². The van der Waals surface area contributed by atoms with Crippen molar-refractivity contribution >= 4 is 0 Å². The van der Waals surface area contributed by atoms with E-state index in [4.69, 9.17) is 0 Å². The monoisotopic (exact) mass is 169 g/mol. The molecule has 0 spiro atoms. The molecular weight excluding hydrogens is 146 g/mol.